The molecule has 0 aromatic carbocycles. The SMILES string of the molecule is Cc1nccn1CCN(C)C(=O)c1cc2c(s1)CCC(C)C2. The number of carbonyl (C=O) groups is 1. The van der Waals surface area contributed by atoms with Crippen molar-refractivity contribution in [2.45, 2.75) is 39.7 Å². The normalized spacial score (nSPS) is 17.3. The van der Waals surface area contributed by atoms with Gasteiger partial charge in [0.25, 0.3) is 5.91 Å². The van der Waals surface area contributed by atoms with Crippen LogP contribution in [-0.4, -0.2) is 34.0 Å². The lowest BCUT2D eigenvalue weighted by Gasteiger charge is -2.17. The number of aryl methyl sites for hydroxylation is 2. The number of rotatable bonds is 4. The molecule has 4 nitrogen and oxygen atoms in total. The van der Waals surface area contributed by atoms with Crippen LogP contribution < -0.4 is 0 Å². The maximum atomic E-state index is 12.6. The van der Waals surface area contributed by atoms with Crippen LogP contribution >= 0.6 is 11.3 Å². The summed E-state index contributed by atoms with van der Waals surface area (Å²) in [6, 6.07) is 2.12. The Labute approximate surface area is 135 Å². The predicted octanol–water partition coefficient (Wildman–Crippen LogP) is 3.15. The maximum absolute atomic E-state index is 12.6. The highest BCUT2D eigenvalue weighted by Crippen LogP contribution is 2.32. The average molecular weight is 317 g/mol. The van der Waals surface area contributed by atoms with Crippen LogP contribution in [-0.2, 0) is 19.4 Å². The van der Waals surface area contributed by atoms with E-state index in [1.165, 1.54) is 16.9 Å². The molecule has 1 unspecified atom stereocenters. The number of hydrogen-bond acceptors (Lipinski definition) is 3. The zero-order valence-electron chi connectivity index (χ0n) is 13.5. The molecule has 2 aromatic rings. The molecule has 0 radical (unpaired) electrons. The Morgan fingerprint density at radius 1 is 1.55 bits per heavy atom. The number of carbonyl (C=O) groups excluding carboxylic acids is 1. The van der Waals surface area contributed by atoms with Crippen LogP contribution in [0.4, 0.5) is 0 Å². The fourth-order valence-corrected chi connectivity index (χ4v) is 4.20. The van der Waals surface area contributed by atoms with Gasteiger partial charge in [0, 0.05) is 37.4 Å². The van der Waals surface area contributed by atoms with Crippen LogP contribution in [0.5, 0.6) is 0 Å². The fourth-order valence-electron chi connectivity index (χ4n) is 3.00. The Balaban J connectivity index is 1.64. The van der Waals surface area contributed by atoms with E-state index >= 15 is 0 Å². The monoisotopic (exact) mass is 317 g/mol. The second-order valence-corrected chi connectivity index (χ2v) is 7.44. The molecule has 3 rings (SSSR count). The smallest absolute Gasteiger partial charge is 0.263 e. The van der Waals surface area contributed by atoms with Crippen molar-refractivity contribution >= 4 is 17.2 Å². The van der Waals surface area contributed by atoms with Crippen LogP contribution in [0.25, 0.3) is 0 Å². The standard InChI is InChI=1S/C17H23N3OS/c1-12-4-5-15-14(10-12)11-16(22-15)17(21)19(3)8-9-20-7-6-18-13(20)2/h6-7,11-12H,4-5,8-10H2,1-3H3. The molecule has 1 amide bonds. The van der Waals surface area contributed by atoms with Crippen LogP contribution in [0.1, 0.15) is 39.3 Å². The van der Waals surface area contributed by atoms with E-state index in [1.807, 2.05) is 25.1 Å². The number of hydrogen-bond donors (Lipinski definition) is 0. The van der Waals surface area contributed by atoms with E-state index in [0.29, 0.717) is 6.54 Å². The topological polar surface area (TPSA) is 38.1 Å². The van der Waals surface area contributed by atoms with E-state index in [9.17, 15) is 4.79 Å². The van der Waals surface area contributed by atoms with Gasteiger partial charge in [-0.25, -0.2) is 4.98 Å². The second-order valence-electron chi connectivity index (χ2n) is 6.30. The highest BCUT2D eigenvalue weighted by atomic mass is 32.1. The zero-order chi connectivity index (χ0) is 15.7. The maximum Gasteiger partial charge on any atom is 0.263 e. The van der Waals surface area contributed by atoms with E-state index in [-0.39, 0.29) is 5.91 Å². The summed E-state index contributed by atoms with van der Waals surface area (Å²) in [4.78, 5) is 20.9. The molecule has 1 aliphatic rings. The Morgan fingerprint density at radius 3 is 3.09 bits per heavy atom. The molecule has 0 N–H and O–H groups in total. The first kappa shape index (κ1) is 15.3. The van der Waals surface area contributed by atoms with E-state index in [0.717, 1.165) is 36.0 Å². The van der Waals surface area contributed by atoms with Crippen molar-refractivity contribution in [3.63, 3.8) is 0 Å². The second kappa shape index (κ2) is 6.24. The molecule has 1 aliphatic carbocycles. The molecule has 0 saturated heterocycles. The van der Waals surface area contributed by atoms with Crippen LogP contribution in [0.3, 0.4) is 0 Å². The van der Waals surface area contributed by atoms with Crippen molar-refractivity contribution in [2.75, 3.05) is 13.6 Å². The highest BCUT2D eigenvalue weighted by Gasteiger charge is 2.22. The van der Waals surface area contributed by atoms with Gasteiger partial charge in [-0.3, -0.25) is 4.79 Å². The largest absolute Gasteiger partial charge is 0.339 e. The summed E-state index contributed by atoms with van der Waals surface area (Å²) in [6.07, 6.45) is 7.25. The molecule has 22 heavy (non-hydrogen) atoms. The molecule has 0 aliphatic heterocycles. The highest BCUT2D eigenvalue weighted by molar-refractivity contribution is 7.14. The molecular weight excluding hydrogens is 294 g/mol. The number of aromatic nitrogens is 2. The number of thiophene rings is 1. The minimum absolute atomic E-state index is 0.143. The summed E-state index contributed by atoms with van der Waals surface area (Å²) in [7, 11) is 1.88. The molecule has 1 atom stereocenters. The number of likely N-dealkylation sites (N-methyl/N-ethyl adjacent to an activating group) is 1. The summed E-state index contributed by atoms with van der Waals surface area (Å²) in [6.45, 7) is 5.77. The van der Waals surface area contributed by atoms with Gasteiger partial charge in [0.1, 0.15) is 5.82 Å². The number of nitrogens with zero attached hydrogens (tertiary/aromatic N) is 3. The fraction of sp³-hybridized carbons (Fsp3) is 0.529. The third-order valence-electron chi connectivity index (χ3n) is 4.49. The van der Waals surface area contributed by atoms with Gasteiger partial charge in [-0.05, 0) is 43.7 Å². The van der Waals surface area contributed by atoms with Gasteiger partial charge in [0.15, 0.2) is 0 Å². The minimum atomic E-state index is 0.143. The van der Waals surface area contributed by atoms with Gasteiger partial charge >= 0.3 is 0 Å². The molecule has 0 spiro atoms. The lowest BCUT2D eigenvalue weighted by molar-refractivity contribution is 0.0794. The van der Waals surface area contributed by atoms with E-state index in [4.69, 9.17) is 0 Å². The average Bonchev–Trinajstić information content (AvgIpc) is 3.09. The Bertz CT molecular complexity index is 673. The molecule has 2 heterocycles. The van der Waals surface area contributed by atoms with E-state index in [1.54, 1.807) is 17.5 Å². The van der Waals surface area contributed by atoms with Crippen LogP contribution in [0.2, 0.25) is 0 Å². The van der Waals surface area contributed by atoms with E-state index < -0.39 is 0 Å². The van der Waals surface area contributed by atoms with Crippen LogP contribution in [0.15, 0.2) is 18.5 Å². The van der Waals surface area contributed by atoms with Crippen molar-refractivity contribution < 1.29 is 4.79 Å². The summed E-state index contributed by atoms with van der Waals surface area (Å²) >= 11 is 1.69. The van der Waals surface area contributed by atoms with Gasteiger partial charge in [0.05, 0.1) is 4.88 Å². The molecule has 2 aromatic heterocycles. The zero-order valence-corrected chi connectivity index (χ0v) is 14.3. The van der Waals surface area contributed by atoms with Crippen molar-refractivity contribution in [1.29, 1.82) is 0 Å². The minimum Gasteiger partial charge on any atom is -0.339 e. The number of imidazole rings is 1. The lowest BCUT2D eigenvalue weighted by Crippen LogP contribution is -2.29. The first-order valence-corrected chi connectivity index (χ1v) is 8.71. The molecular formula is C17H23N3OS. The number of amides is 1. The summed E-state index contributed by atoms with van der Waals surface area (Å²) in [5, 5.41) is 0. The first-order chi connectivity index (χ1) is 10.5. The third-order valence-corrected chi connectivity index (χ3v) is 5.71. The van der Waals surface area contributed by atoms with Crippen molar-refractivity contribution in [1.82, 2.24) is 14.5 Å². The van der Waals surface area contributed by atoms with Crippen LogP contribution in [0, 0.1) is 12.8 Å². The molecule has 0 saturated carbocycles. The van der Waals surface area contributed by atoms with Crippen molar-refractivity contribution in [3.8, 4) is 0 Å². The quantitative estimate of drug-likeness (QED) is 0.869. The molecule has 0 fully saturated rings. The van der Waals surface area contributed by atoms with Crippen molar-refractivity contribution in [2.24, 2.45) is 5.92 Å². The van der Waals surface area contributed by atoms with Gasteiger partial charge in [-0.15, -0.1) is 11.3 Å². The van der Waals surface area contributed by atoms with Gasteiger partial charge in [-0.2, -0.15) is 0 Å². The molecule has 118 valence electrons. The van der Waals surface area contributed by atoms with Gasteiger partial charge in [0.2, 0.25) is 0 Å². The summed E-state index contributed by atoms with van der Waals surface area (Å²) in [5.74, 6) is 1.87. The third kappa shape index (κ3) is 3.09. The summed E-state index contributed by atoms with van der Waals surface area (Å²) in [5.41, 5.74) is 1.39. The summed E-state index contributed by atoms with van der Waals surface area (Å²) < 4.78 is 2.07. The van der Waals surface area contributed by atoms with E-state index in [2.05, 4.69) is 22.5 Å². The molecule has 5 heteroatoms. The first-order valence-electron chi connectivity index (χ1n) is 7.89. The number of fused-ring (bicyclic) bond motifs is 1. The van der Waals surface area contributed by atoms with Gasteiger partial charge in [-0.1, -0.05) is 6.92 Å². The van der Waals surface area contributed by atoms with Crippen molar-refractivity contribution in [3.05, 3.63) is 39.6 Å². The van der Waals surface area contributed by atoms with Gasteiger partial charge < -0.3 is 9.47 Å². The Morgan fingerprint density at radius 2 is 2.36 bits per heavy atom. The predicted molar refractivity (Wildman–Crippen MR) is 89.4 cm³/mol. The molecule has 0 bridgehead atoms. The lowest BCUT2D eigenvalue weighted by atomic mass is 9.90. The Kier molecular flexibility index (Phi) is 4.34. The Hall–Kier alpha value is -1.62.